The minimum absolute atomic E-state index is 0.184. The van der Waals surface area contributed by atoms with E-state index >= 15 is 0 Å². The molecular formula is C19H17N3O3. The van der Waals surface area contributed by atoms with Crippen molar-refractivity contribution in [3.05, 3.63) is 71.4 Å². The second kappa shape index (κ2) is 6.32. The predicted molar refractivity (Wildman–Crippen MR) is 93.0 cm³/mol. The summed E-state index contributed by atoms with van der Waals surface area (Å²) in [5.41, 5.74) is 2.82. The van der Waals surface area contributed by atoms with Crippen LogP contribution in [0.5, 0.6) is 11.5 Å². The van der Waals surface area contributed by atoms with Crippen molar-refractivity contribution in [2.24, 2.45) is 0 Å². The fourth-order valence-electron chi connectivity index (χ4n) is 2.77. The number of rotatable bonds is 4. The average molecular weight is 335 g/mol. The summed E-state index contributed by atoms with van der Waals surface area (Å²) in [6, 6.07) is 15.1. The number of fused-ring (bicyclic) bond motifs is 1. The summed E-state index contributed by atoms with van der Waals surface area (Å²) in [6.07, 6.45) is 1.67. The summed E-state index contributed by atoms with van der Waals surface area (Å²) < 4.78 is 12.3. The molecule has 1 N–H and O–H groups in total. The van der Waals surface area contributed by atoms with Crippen molar-refractivity contribution >= 4 is 11.7 Å². The molecular weight excluding hydrogens is 318 g/mol. The first-order valence-corrected chi connectivity index (χ1v) is 7.97. The third kappa shape index (κ3) is 3.19. The Morgan fingerprint density at radius 3 is 2.92 bits per heavy atom. The Labute approximate surface area is 145 Å². The Hall–Kier alpha value is -3.28. The van der Waals surface area contributed by atoms with Crippen LogP contribution in [0.2, 0.25) is 0 Å². The lowest BCUT2D eigenvalue weighted by atomic mass is 10.1. The zero-order valence-electron chi connectivity index (χ0n) is 13.7. The van der Waals surface area contributed by atoms with E-state index in [0.717, 1.165) is 5.56 Å². The van der Waals surface area contributed by atoms with Gasteiger partial charge in [0.05, 0.1) is 12.7 Å². The van der Waals surface area contributed by atoms with Crippen LogP contribution in [-0.2, 0) is 6.54 Å². The topological polar surface area (TPSA) is 65.4 Å². The molecule has 0 radical (unpaired) electrons. The molecule has 1 aromatic heterocycles. The molecule has 4 rings (SSSR count). The molecule has 0 unspecified atom stereocenters. The highest BCUT2D eigenvalue weighted by molar-refractivity contribution is 6.04. The standard InChI is InChI=1S/C19H17N3O3/c1-13-3-2-4-14(9-13)11-22-18(7-8-20-22)21-19(23)15-5-6-16-17(10-15)25-12-24-16/h2-10H,11-12H2,1H3,(H,21,23). The predicted octanol–water partition coefficient (Wildman–Crippen LogP) is 3.22. The molecule has 6 nitrogen and oxygen atoms in total. The molecule has 25 heavy (non-hydrogen) atoms. The first kappa shape index (κ1) is 15.3. The van der Waals surface area contributed by atoms with Crippen LogP contribution < -0.4 is 14.8 Å². The van der Waals surface area contributed by atoms with Gasteiger partial charge in [-0.25, -0.2) is 4.68 Å². The number of carbonyl (C=O) groups is 1. The van der Waals surface area contributed by atoms with Gasteiger partial charge >= 0.3 is 0 Å². The minimum atomic E-state index is -0.218. The molecule has 6 heteroatoms. The molecule has 0 atom stereocenters. The number of ether oxygens (including phenoxy) is 2. The number of nitrogens with one attached hydrogen (secondary N) is 1. The highest BCUT2D eigenvalue weighted by atomic mass is 16.7. The van der Waals surface area contributed by atoms with Crippen molar-refractivity contribution < 1.29 is 14.3 Å². The molecule has 0 fully saturated rings. The Balaban J connectivity index is 1.51. The van der Waals surface area contributed by atoms with E-state index in [4.69, 9.17) is 9.47 Å². The summed E-state index contributed by atoms with van der Waals surface area (Å²) >= 11 is 0. The molecule has 3 aromatic rings. The van der Waals surface area contributed by atoms with Crippen LogP contribution in [0.15, 0.2) is 54.7 Å². The van der Waals surface area contributed by atoms with E-state index in [0.29, 0.717) is 29.4 Å². The fraction of sp³-hybridized carbons (Fsp3) is 0.158. The van der Waals surface area contributed by atoms with Crippen molar-refractivity contribution in [3.8, 4) is 11.5 Å². The van der Waals surface area contributed by atoms with Crippen LogP contribution in [0.4, 0.5) is 5.82 Å². The molecule has 2 heterocycles. The molecule has 2 aromatic carbocycles. The quantitative estimate of drug-likeness (QED) is 0.795. The lowest BCUT2D eigenvalue weighted by Gasteiger charge is -2.10. The van der Waals surface area contributed by atoms with E-state index in [9.17, 15) is 4.79 Å². The zero-order chi connectivity index (χ0) is 17.2. The van der Waals surface area contributed by atoms with Crippen LogP contribution in [0.1, 0.15) is 21.5 Å². The molecule has 0 bridgehead atoms. The smallest absolute Gasteiger partial charge is 0.256 e. The van der Waals surface area contributed by atoms with Crippen molar-refractivity contribution in [3.63, 3.8) is 0 Å². The van der Waals surface area contributed by atoms with Crippen molar-refractivity contribution in [2.45, 2.75) is 13.5 Å². The van der Waals surface area contributed by atoms with Gasteiger partial charge in [-0.2, -0.15) is 5.10 Å². The third-order valence-electron chi connectivity index (χ3n) is 4.01. The van der Waals surface area contributed by atoms with E-state index < -0.39 is 0 Å². The summed E-state index contributed by atoms with van der Waals surface area (Å²) in [7, 11) is 0. The highest BCUT2D eigenvalue weighted by Crippen LogP contribution is 2.32. The fourth-order valence-corrected chi connectivity index (χ4v) is 2.77. The van der Waals surface area contributed by atoms with Crippen LogP contribution >= 0.6 is 0 Å². The first-order valence-electron chi connectivity index (χ1n) is 7.97. The van der Waals surface area contributed by atoms with Crippen LogP contribution in [0.3, 0.4) is 0 Å². The van der Waals surface area contributed by atoms with Crippen LogP contribution in [-0.4, -0.2) is 22.5 Å². The maximum atomic E-state index is 12.5. The van der Waals surface area contributed by atoms with Gasteiger partial charge in [-0.3, -0.25) is 4.79 Å². The second-order valence-electron chi connectivity index (χ2n) is 5.89. The molecule has 0 spiro atoms. The number of nitrogens with zero attached hydrogens (tertiary/aromatic N) is 2. The molecule has 0 saturated heterocycles. The van der Waals surface area contributed by atoms with E-state index in [1.165, 1.54) is 5.56 Å². The van der Waals surface area contributed by atoms with E-state index in [1.54, 1.807) is 35.1 Å². The minimum Gasteiger partial charge on any atom is -0.454 e. The molecule has 1 aliphatic rings. The maximum Gasteiger partial charge on any atom is 0.256 e. The lowest BCUT2D eigenvalue weighted by molar-refractivity contribution is 0.102. The second-order valence-corrected chi connectivity index (χ2v) is 5.89. The van der Waals surface area contributed by atoms with E-state index in [1.807, 2.05) is 12.1 Å². The van der Waals surface area contributed by atoms with Gasteiger partial charge < -0.3 is 14.8 Å². The number of aromatic nitrogens is 2. The third-order valence-corrected chi connectivity index (χ3v) is 4.01. The maximum absolute atomic E-state index is 12.5. The van der Waals surface area contributed by atoms with E-state index in [-0.39, 0.29) is 12.7 Å². The largest absolute Gasteiger partial charge is 0.454 e. The Morgan fingerprint density at radius 1 is 1.16 bits per heavy atom. The number of hydrogen-bond donors (Lipinski definition) is 1. The van der Waals surface area contributed by atoms with Gasteiger partial charge in [0.1, 0.15) is 5.82 Å². The van der Waals surface area contributed by atoms with Gasteiger partial charge in [-0.05, 0) is 30.7 Å². The zero-order valence-corrected chi connectivity index (χ0v) is 13.7. The van der Waals surface area contributed by atoms with Gasteiger partial charge in [0.25, 0.3) is 5.91 Å². The summed E-state index contributed by atoms with van der Waals surface area (Å²) in [5.74, 6) is 1.66. The van der Waals surface area contributed by atoms with Crippen molar-refractivity contribution in [1.29, 1.82) is 0 Å². The highest BCUT2D eigenvalue weighted by Gasteiger charge is 2.17. The van der Waals surface area contributed by atoms with Gasteiger partial charge in [0.2, 0.25) is 6.79 Å². The average Bonchev–Trinajstić information content (AvgIpc) is 3.23. The van der Waals surface area contributed by atoms with Crippen molar-refractivity contribution in [2.75, 3.05) is 12.1 Å². The summed E-state index contributed by atoms with van der Waals surface area (Å²) in [6.45, 7) is 2.82. The number of carbonyl (C=O) groups excluding carboxylic acids is 1. The van der Waals surface area contributed by atoms with Gasteiger partial charge in [0, 0.05) is 11.6 Å². The normalized spacial score (nSPS) is 12.2. The van der Waals surface area contributed by atoms with Gasteiger partial charge in [-0.1, -0.05) is 29.8 Å². The van der Waals surface area contributed by atoms with E-state index in [2.05, 4.69) is 29.5 Å². The molecule has 126 valence electrons. The van der Waals surface area contributed by atoms with Crippen molar-refractivity contribution in [1.82, 2.24) is 9.78 Å². The number of hydrogen-bond acceptors (Lipinski definition) is 4. The van der Waals surface area contributed by atoms with Gasteiger partial charge in [-0.15, -0.1) is 0 Å². The number of aryl methyl sites for hydroxylation is 1. The number of amides is 1. The summed E-state index contributed by atoms with van der Waals surface area (Å²) in [5, 5.41) is 7.20. The molecule has 1 amide bonds. The first-order chi connectivity index (χ1) is 12.2. The lowest BCUT2D eigenvalue weighted by Crippen LogP contribution is -2.16. The van der Waals surface area contributed by atoms with Crippen LogP contribution in [0, 0.1) is 6.92 Å². The Bertz CT molecular complexity index is 933. The Kier molecular flexibility index (Phi) is 3.85. The van der Waals surface area contributed by atoms with Gasteiger partial charge in [0.15, 0.2) is 11.5 Å². The monoisotopic (exact) mass is 335 g/mol. The Morgan fingerprint density at radius 2 is 2.04 bits per heavy atom. The SMILES string of the molecule is Cc1cccc(Cn2nccc2NC(=O)c2ccc3c(c2)OCO3)c1. The van der Waals surface area contributed by atoms with Crippen LogP contribution in [0.25, 0.3) is 0 Å². The summed E-state index contributed by atoms with van der Waals surface area (Å²) in [4.78, 5) is 12.5. The molecule has 0 saturated carbocycles. The molecule has 1 aliphatic heterocycles. The molecule has 0 aliphatic carbocycles. The number of benzene rings is 2. The number of anilines is 1.